The van der Waals surface area contributed by atoms with Crippen LogP contribution in [-0.2, 0) is 17.7 Å². The molecule has 0 atom stereocenters. The van der Waals surface area contributed by atoms with Gasteiger partial charge in [0.15, 0.2) is 0 Å². The first-order chi connectivity index (χ1) is 8.82. The van der Waals surface area contributed by atoms with Crippen molar-refractivity contribution in [3.8, 4) is 0 Å². The lowest BCUT2D eigenvalue weighted by Crippen LogP contribution is -2.26. The molecule has 0 aliphatic heterocycles. The number of anilines is 1. The molecular weight excluding hydrogens is 238 g/mol. The molecule has 0 saturated heterocycles. The molecular formula is C15H29N3O. The number of aromatic nitrogens is 2. The fraction of sp³-hybridized carbons (Fsp3) is 0.800. The van der Waals surface area contributed by atoms with Crippen LogP contribution in [0.3, 0.4) is 0 Å². The van der Waals surface area contributed by atoms with Crippen molar-refractivity contribution < 1.29 is 4.74 Å². The first kappa shape index (κ1) is 16.0. The van der Waals surface area contributed by atoms with Crippen LogP contribution in [0.5, 0.6) is 0 Å². The summed E-state index contributed by atoms with van der Waals surface area (Å²) < 4.78 is 7.66. The molecule has 0 bridgehead atoms. The van der Waals surface area contributed by atoms with Crippen LogP contribution >= 0.6 is 0 Å². The van der Waals surface area contributed by atoms with E-state index in [4.69, 9.17) is 15.5 Å². The standard InChI is InChI=1S/C15H29N3O/c1-7-8-9-18-13(16)12(10-15(4,5)19-6)17-14(18)11(2)3/h11H,7-10,16H2,1-6H3. The second-order valence-electron chi connectivity index (χ2n) is 6.10. The molecule has 0 aliphatic rings. The molecule has 1 rings (SSSR count). The lowest BCUT2D eigenvalue weighted by molar-refractivity contribution is 0.0226. The van der Waals surface area contributed by atoms with Crippen LogP contribution in [0.15, 0.2) is 0 Å². The van der Waals surface area contributed by atoms with Gasteiger partial charge in [0.25, 0.3) is 0 Å². The van der Waals surface area contributed by atoms with Crippen molar-refractivity contribution in [1.29, 1.82) is 0 Å². The van der Waals surface area contributed by atoms with Gasteiger partial charge in [0.1, 0.15) is 11.6 Å². The van der Waals surface area contributed by atoms with Crippen LogP contribution in [0, 0.1) is 0 Å². The Morgan fingerprint density at radius 1 is 1.37 bits per heavy atom. The van der Waals surface area contributed by atoms with E-state index in [1.807, 2.05) is 0 Å². The monoisotopic (exact) mass is 267 g/mol. The summed E-state index contributed by atoms with van der Waals surface area (Å²) >= 11 is 0. The van der Waals surface area contributed by atoms with Gasteiger partial charge in [-0.1, -0.05) is 27.2 Å². The quantitative estimate of drug-likeness (QED) is 0.824. The smallest absolute Gasteiger partial charge is 0.126 e. The maximum Gasteiger partial charge on any atom is 0.126 e. The zero-order valence-corrected chi connectivity index (χ0v) is 13.3. The molecule has 0 aromatic carbocycles. The van der Waals surface area contributed by atoms with E-state index >= 15 is 0 Å². The van der Waals surface area contributed by atoms with Gasteiger partial charge < -0.3 is 15.0 Å². The van der Waals surface area contributed by atoms with Crippen molar-refractivity contribution >= 4 is 5.82 Å². The minimum atomic E-state index is -0.230. The fourth-order valence-corrected chi connectivity index (χ4v) is 2.13. The van der Waals surface area contributed by atoms with E-state index in [2.05, 4.69) is 39.2 Å². The van der Waals surface area contributed by atoms with Gasteiger partial charge in [-0.2, -0.15) is 0 Å². The summed E-state index contributed by atoms with van der Waals surface area (Å²) in [7, 11) is 1.73. The Morgan fingerprint density at radius 2 is 2.00 bits per heavy atom. The molecule has 0 unspecified atom stereocenters. The molecule has 4 nitrogen and oxygen atoms in total. The van der Waals surface area contributed by atoms with Crippen LogP contribution in [0.25, 0.3) is 0 Å². The molecule has 0 spiro atoms. The van der Waals surface area contributed by atoms with E-state index in [1.54, 1.807) is 7.11 Å². The largest absolute Gasteiger partial charge is 0.384 e. The molecule has 0 saturated carbocycles. The first-order valence-corrected chi connectivity index (χ1v) is 7.22. The Morgan fingerprint density at radius 3 is 2.47 bits per heavy atom. The Kier molecular flexibility index (Phi) is 5.41. The lowest BCUT2D eigenvalue weighted by Gasteiger charge is -2.21. The highest BCUT2D eigenvalue weighted by Gasteiger charge is 2.24. The van der Waals surface area contributed by atoms with E-state index in [-0.39, 0.29) is 5.60 Å². The minimum absolute atomic E-state index is 0.230. The van der Waals surface area contributed by atoms with Crippen LogP contribution < -0.4 is 5.73 Å². The van der Waals surface area contributed by atoms with Crippen molar-refractivity contribution in [3.05, 3.63) is 11.5 Å². The third-order valence-corrected chi connectivity index (χ3v) is 3.51. The highest BCUT2D eigenvalue weighted by Crippen LogP contribution is 2.25. The van der Waals surface area contributed by atoms with E-state index in [0.717, 1.165) is 43.1 Å². The Hall–Kier alpha value is -1.03. The third-order valence-electron chi connectivity index (χ3n) is 3.51. The maximum atomic E-state index is 6.29. The average molecular weight is 267 g/mol. The summed E-state index contributed by atoms with van der Waals surface area (Å²) in [6.45, 7) is 11.6. The predicted octanol–water partition coefficient (Wildman–Crippen LogP) is 3.36. The molecule has 1 aromatic heterocycles. The molecule has 0 aliphatic carbocycles. The molecule has 0 amide bonds. The first-order valence-electron chi connectivity index (χ1n) is 7.22. The predicted molar refractivity (Wildman–Crippen MR) is 80.4 cm³/mol. The molecule has 1 heterocycles. The summed E-state index contributed by atoms with van der Waals surface area (Å²) in [6.07, 6.45) is 3.04. The number of nitrogen functional groups attached to an aromatic ring is 1. The molecule has 0 fully saturated rings. The number of methoxy groups -OCH3 is 1. The number of nitrogens with zero attached hydrogens (tertiary/aromatic N) is 2. The van der Waals surface area contributed by atoms with Crippen molar-refractivity contribution in [1.82, 2.24) is 9.55 Å². The minimum Gasteiger partial charge on any atom is -0.384 e. The fourth-order valence-electron chi connectivity index (χ4n) is 2.13. The zero-order valence-electron chi connectivity index (χ0n) is 13.3. The van der Waals surface area contributed by atoms with Gasteiger partial charge in [0.2, 0.25) is 0 Å². The Balaban J connectivity index is 3.07. The number of imidazole rings is 1. The number of rotatable bonds is 7. The van der Waals surface area contributed by atoms with Gasteiger partial charge in [-0.25, -0.2) is 4.98 Å². The lowest BCUT2D eigenvalue weighted by atomic mass is 10.0. The number of nitrogens with two attached hydrogens (primary N) is 1. The van der Waals surface area contributed by atoms with Crippen molar-refractivity contribution in [2.24, 2.45) is 0 Å². The van der Waals surface area contributed by atoms with E-state index in [9.17, 15) is 0 Å². The van der Waals surface area contributed by atoms with Crippen LogP contribution in [0.4, 0.5) is 5.82 Å². The molecule has 4 heteroatoms. The van der Waals surface area contributed by atoms with E-state index < -0.39 is 0 Å². The normalized spacial score (nSPS) is 12.4. The number of hydrogen-bond donors (Lipinski definition) is 1. The van der Waals surface area contributed by atoms with Gasteiger partial charge in [-0.3, -0.25) is 0 Å². The van der Waals surface area contributed by atoms with Crippen LogP contribution in [0.2, 0.25) is 0 Å². The van der Waals surface area contributed by atoms with Gasteiger partial charge in [0.05, 0.1) is 11.3 Å². The SMILES string of the molecule is CCCCn1c(C(C)C)nc(CC(C)(C)OC)c1N. The second kappa shape index (κ2) is 6.42. The van der Waals surface area contributed by atoms with Gasteiger partial charge in [0, 0.05) is 26.0 Å². The molecule has 1 aromatic rings. The zero-order chi connectivity index (χ0) is 14.6. The number of unbranched alkanes of at least 4 members (excludes halogenated alkanes) is 1. The maximum absolute atomic E-state index is 6.29. The van der Waals surface area contributed by atoms with E-state index in [1.165, 1.54) is 0 Å². The summed E-state index contributed by atoms with van der Waals surface area (Å²) in [4.78, 5) is 4.75. The third kappa shape index (κ3) is 3.96. The van der Waals surface area contributed by atoms with Gasteiger partial charge >= 0.3 is 0 Å². The van der Waals surface area contributed by atoms with E-state index in [0.29, 0.717) is 5.92 Å². The second-order valence-corrected chi connectivity index (χ2v) is 6.10. The number of hydrogen-bond acceptors (Lipinski definition) is 3. The van der Waals surface area contributed by atoms with Crippen LogP contribution in [-0.4, -0.2) is 22.3 Å². The topological polar surface area (TPSA) is 53.1 Å². The summed E-state index contributed by atoms with van der Waals surface area (Å²) in [5.41, 5.74) is 7.02. The molecule has 110 valence electrons. The highest BCUT2D eigenvalue weighted by molar-refractivity contribution is 5.39. The molecule has 19 heavy (non-hydrogen) atoms. The summed E-state index contributed by atoms with van der Waals surface area (Å²) in [5.74, 6) is 2.29. The number of ether oxygens (including phenoxy) is 1. The van der Waals surface area contributed by atoms with Crippen LogP contribution in [0.1, 0.15) is 64.9 Å². The highest BCUT2D eigenvalue weighted by atomic mass is 16.5. The molecule has 0 radical (unpaired) electrons. The summed E-state index contributed by atoms with van der Waals surface area (Å²) in [5, 5.41) is 0. The average Bonchev–Trinajstić information content (AvgIpc) is 2.64. The van der Waals surface area contributed by atoms with Crippen molar-refractivity contribution in [2.45, 2.75) is 71.9 Å². The Labute approximate surface area is 117 Å². The van der Waals surface area contributed by atoms with Crippen molar-refractivity contribution in [3.63, 3.8) is 0 Å². The van der Waals surface area contributed by atoms with Gasteiger partial charge in [-0.05, 0) is 20.3 Å². The van der Waals surface area contributed by atoms with Gasteiger partial charge in [-0.15, -0.1) is 0 Å². The summed E-state index contributed by atoms with van der Waals surface area (Å²) in [6, 6.07) is 0. The van der Waals surface area contributed by atoms with Crippen molar-refractivity contribution in [2.75, 3.05) is 12.8 Å². The Bertz CT molecular complexity index is 408. The molecule has 2 N–H and O–H groups in total.